The van der Waals surface area contributed by atoms with Crippen LogP contribution >= 0.6 is 0 Å². The van der Waals surface area contributed by atoms with Crippen molar-refractivity contribution in [1.82, 2.24) is 15.5 Å². The number of rotatable bonds is 5. The quantitative estimate of drug-likeness (QED) is 0.751. The minimum absolute atomic E-state index is 0.363. The fourth-order valence-corrected chi connectivity index (χ4v) is 1.56. The summed E-state index contributed by atoms with van der Waals surface area (Å²) in [6.07, 6.45) is 0. The third kappa shape index (κ3) is 6.01. The predicted molar refractivity (Wildman–Crippen MR) is 74.6 cm³/mol. The van der Waals surface area contributed by atoms with Gasteiger partial charge in [0.2, 0.25) is 0 Å². The molecule has 0 radical (unpaired) electrons. The highest BCUT2D eigenvalue weighted by Crippen LogP contribution is 2.02. The van der Waals surface area contributed by atoms with E-state index in [-0.39, 0.29) is 0 Å². The van der Waals surface area contributed by atoms with Gasteiger partial charge < -0.3 is 15.5 Å². The average Bonchev–Trinajstić information content (AvgIpc) is 2.35. The second kappa shape index (κ2) is 7.53. The molecule has 0 atom stereocenters. The number of aryl methyl sites for hydroxylation is 1. The molecule has 0 aliphatic carbocycles. The molecule has 19 heavy (non-hydrogen) atoms. The van der Waals surface area contributed by atoms with E-state index in [9.17, 15) is 9.59 Å². The fourth-order valence-electron chi connectivity index (χ4n) is 1.56. The van der Waals surface area contributed by atoms with Crippen molar-refractivity contribution in [3.63, 3.8) is 0 Å². The van der Waals surface area contributed by atoms with Crippen LogP contribution in [0.3, 0.4) is 0 Å². The molecule has 5 heteroatoms. The molecule has 5 nitrogen and oxygen atoms in total. The van der Waals surface area contributed by atoms with Crippen LogP contribution in [-0.2, 0) is 16.1 Å². The molecule has 0 saturated heterocycles. The number of amides is 2. The Kier molecular flexibility index (Phi) is 6.02. The number of hydrogen-bond acceptors (Lipinski definition) is 3. The number of likely N-dealkylation sites (N-methyl/N-ethyl adjacent to an activating group) is 1. The van der Waals surface area contributed by atoms with Gasteiger partial charge in [0.15, 0.2) is 0 Å². The number of nitrogens with one attached hydrogen (secondary N) is 2. The van der Waals surface area contributed by atoms with E-state index in [0.717, 1.165) is 11.1 Å². The summed E-state index contributed by atoms with van der Waals surface area (Å²) < 4.78 is 0. The minimum Gasteiger partial charge on any atom is -0.347 e. The standard InChI is InChI=1S/C14H21N3O2/c1-11-5-4-6-12(9-11)10-16-14(19)13(18)15-7-8-17(2)3/h4-6,9H,7-8,10H2,1-3H3,(H,15,18)(H,16,19). The highest BCUT2D eigenvalue weighted by Gasteiger charge is 2.12. The number of hydrogen-bond donors (Lipinski definition) is 2. The Balaban J connectivity index is 2.32. The number of carbonyl (C=O) groups is 2. The molecular weight excluding hydrogens is 242 g/mol. The maximum absolute atomic E-state index is 11.5. The van der Waals surface area contributed by atoms with Gasteiger partial charge in [0.05, 0.1) is 0 Å². The van der Waals surface area contributed by atoms with E-state index in [0.29, 0.717) is 19.6 Å². The summed E-state index contributed by atoms with van der Waals surface area (Å²) in [5.41, 5.74) is 2.11. The van der Waals surface area contributed by atoms with Crippen LogP contribution in [0.2, 0.25) is 0 Å². The van der Waals surface area contributed by atoms with Crippen molar-refractivity contribution in [2.75, 3.05) is 27.2 Å². The number of carbonyl (C=O) groups excluding carboxylic acids is 2. The van der Waals surface area contributed by atoms with Crippen molar-refractivity contribution in [2.24, 2.45) is 0 Å². The van der Waals surface area contributed by atoms with Crippen LogP contribution < -0.4 is 10.6 Å². The van der Waals surface area contributed by atoms with Gasteiger partial charge in [-0.25, -0.2) is 0 Å². The molecule has 0 fully saturated rings. The molecule has 1 rings (SSSR count). The van der Waals surface area contributed by atoms with Gasteiger partial charge in [-0.1, -0.05) is 29.8 Å². The van der Waals surface area contributed by atoms with Crippen LogP contribution in [0.5, 0.6) is 0 Å². The van der Waals surface area contributed by atoms with Crippen molar-refractivity contribution >= 4 is 11.8 Å². The molecule has 0 aliphatic heterocycles. The Morgan fingerprint density at radius 3 is 2.47 bits per heavy atom. The summed E-state index contributed by atoms with van der Waals surface area (Å²) in [5.74, 6) is -1.19. The van der Waals surface area contributed by atoms with E-state index in [1.807, 2.05) is 50.2 Å². The zero-order chi connectivity index (χ0) is 14.3. The molecule has 0 spiro atoms. The monoisotopic (exact) mass is 263 g/mol. The largest absolute Gasteiger partial charge is 0.347 e. The summed E-state index contributed by atoms with van der Waals surface area (Å²) in [7, 11) is 3.81. The van der Waals surface area contributed by atoms with Crippen molar-refractivity contribution in [3.8, 4) is 0 Å². The first kappa shape index (κ1) is 15.2. The molecule has 0 bridgehead atoms. The maximum Gasteiger partial charge on any atom is 0.309 e. The van der Waals surface area contributed by atoms with Crippen LogP contribution in [0.1, 0.15) is 11.1 Å². The lowest BCUT2D eigenvalue weighted by Gasteiger charge is -2.10. The molecule has 1 aromatic rings. The molecule has 0 aliphatic rings. The predicted octanol–water partition coefficient (Wildman–Crippen LogP) is 0.289. The zero-order valence-electron chi connectivity index (χ0n) is 11.7. The van der Waals surface area contributed by atoms with Crippen LogP contribution in [0, 0.1) is 6.92 Å². The van der Waals surface area contributed by atoms with Gasteiger partial charge in [0, 0.05) is 19.6 Å². The van der Waals surface area contributed by atoms with E-state index in [1.165, 1.54) is 0 Å². The van der Waals surface area contributed by atoms with Crippen molar-refractivity contribution in [1.29, 1.82) is 0 Å². The Hall–Kier alpha value is -1.88. The summed E-state index contributed by atoms with van der Waals surface area (Å²) >= 11 is 0. The lowest BCUT2D eigenvalue weighted by Crippen LogP contribution is -2.41. The van der Waals surface area contributed by atoms with Crippen molar-refractivity contribution in [2.45, 2.75) is 13.5 Å². The molecule has 0 aromatic heterocycles. The van der Waals surface area contributed by atoms with Gasteiger partial charge in [-0.05, 0) is 26.6 Å². The second-order valence-electron chi connectivity index (χ2n) is 4.73. The van der Waals surface area contributed by atoms with Crippen LogP contribution in [0.4, 0.5) is 0 Å². The summed E-state index contributed by atoms with van der Waals surface area (Å²) in [6, 6.07) is 7.80. The Morgan fingerprint density at radius 1 is 1.16 bits per heavy atom. The van der Waals surface area contributed by atoms with Gasteiger partial charge in [0.25, 0.3) is 0 Å². The highest BCUT2D eigenvalue weighted by molar-refractivity contribution is 6.35. The van der Waals surface area contributed by atoms with E-state index >= 15 is 0 Å². The number of benzene rings is 1. The fraction of sp³-hybridized carbons (Fsp3) is 0.429. The Morgan fingerprint density at radius 2 is 1.84 bits per heavy atom. The van der Waals surface area contributed by atoms with Gasteiger partial charge in [-0.2, -0.15) is 0 Å². The SMILES string of the molecule is Cc1cccc(CNC(=O)C(=O)NCCN(C)C)c1. The molecule has 2 N–H and O–H groups in total. The summed E-state index contributed by atoms with van der Waals surface area (Å²) in [4.78, 5) is 24.9. The van der Waals surface area contributed by atoms with Gasteiger partial charge in [-0.15, -0.1) is 0 Å². The topological polar surface area (TPSA) is 61.4 Å². The smallest absolute Gasteiger partial charge is 0.309 e. The van der Waals surface area contributed by atoms with E-state index in [4.69, 9.17) is 0 Å². The number of nitrogens with zero attached hydrogens (tertiary/aromatic N) is 1. The van der Waals surface area contributed by atoms with Crippen molar-refractivity contribution < 1.29 is 9.59 Å². The van der Waals surface area contributed by atoms with E-state index in [1.54, 1.807) is 0 Å². The lowest BCUT2D eigenvalue weighted by molar-refractivity contribution is -0.139. The maximum atomic E-state index is 11.5. The van der Waals surface area contributed by atoms with Crippen LogP contribution in [0.25, 0.3) is 0 Å². The van der Waals surface area contributed by atoms with Gasteiger partial charge in [-0.3, -0.25) is 9.59 Å². The minimum atomic E-state index is -0.597. The van der Waals surface area contributed by atoms with E-state index < -0.39 is 11.8 Å². The molecule has 104 valence electrons. The second-order valence-corrected chi connectivity index (χ2v) is 4.73. The lowest BCUT2D eigenvalue weighted by atomic mass is 10.1. The average molecular weight is 263 g/mol. The van der Waals surface area contributed by atoms with Crippen LogP contribution in [0.15, 0.2) is 24.3 Å². The van der Waals surface area contributed by atoms with Gasteiger partial charge in [0.1, 0.15) is 0 Å². The molecule has 0 unspecified atom stereocenters. The first-order valence-corrected chi connectivity index (χ1v) is 6.25. The normalized spacial score (nSPS) is 10.3. The third-order valence-electron chi connectivity index (χ3n) is 2.59. The van der Waals surface area contributed by atoms with E-state index in [2.05, 4.69) is 10.6 Å². The summed E-state index contributed by atoms with van der Waals surface area (Å²) in [6.45, 7) is 3.52. The molecule has 1 aromatic carbocycles. The summed E-state index contributed by atoms with van der Waals surface area (Å²) in [5, 5.41) is 5.17. The zero-order valence-corrected chi connectivity index (χ0v) is 11.7. The molecule has 0 heterocycles. The molecular formula is C14H21N3O2. The van der Waals surface area contributed by atoms with Gasteiger partial charge >= 0.3 is 11.8 Å². The first-order valence-electron chi connectivity index (χ1n) is 6.25. The Labute approximate surface area is 114 Å². The highest BCUT2D eigenvalue weighted by atomic mass is 16.2. The first-order chi connectivity index (χ1) is 8.99. The van der Waals surface area contributed by atoms with Crippen LogP contribution in [-0.4, -0.2) is 43.9 Å². The molecule has 2 amide bonds. The molecule has 0 saturated carbocycles. The Bertz CT molecular complexity index is 444. The third-order valence-corrected chi connectivity index (χ3v) is 2.59. The van der Waals surface area contributed by atoms with Crippen molar-refractivity contribution in [3.05, 3.63) is 35.4 Å².